The Morgan fingerprint density at radius 2 is 1.75 bits per heavy atom. The number of hydrogen-bond acceptors (Lipinski definition) is 3. The van der Waals surface area contributed by atoms with Crippen molar-refractivity contribution in [3.8, 4) is 0 Å². The van der Waals surface area contributed by atoms with E-state index in [2.05, 4.69) is 5.32 Å². The second-order valence-corrected chi connectivity index (χ2v) is 5.40. The van der Waals surface area contributed by atoms with Crippen LogP contribution in [0.4, 0.5) is 11.4 Å². The topological polar surface area (TPSA) is 58.3 Å². The van der Waals surface area contributed by atoms with Crippen LogP contribution in [0.15, 0.2) is 18.2 Å². The van der Waals surface area contributed by atoms with Crippen molar-refractivity contribution in [2.75, 3.05) is 11.1 Å². The van der Waals surface area contributed by atoms with Gasteiger partial charge < -0.3 is 16.2 Å². The Bertz CT molecular complexity index is 378. The zero-order valence-electron chi connectivity index (χ0n) is 10.8. The highest BCUT2D eigenvalue weighted by Crippen LogP contribution is 2.29. The smallest absolute Gasteiger partial charge is 0.0814 e. The number of anilines is 2. The first-order chi connectivity index (χ1) is 7.13. The molecule has 0 aliphatic heterocycles. The highest BCUT2D eigenvalue weighted by molar-refractivity contribution is 5.68. The second-order valence-electron chi connectivity index (χ2n) is 5.40. The van der Waals surface area contributed by atoms with Crippen LogP contribution in [-0.4, -0.2) is 16.2 Å². The third-order valence-corrected chi connectivity index (χ3v) is 3.18. The molecule has 0 bridgehead atoms. The zero-order valence-corrected chi connectivity index (χ0v) is 10.8. The fourth-order valence-corrected chi connectivity index (χ4v) is 1.29. The van der Waals surface area contributed by atoms with Crippen LogP contribution in [0.3, 0.4) is 0 Å². The molecular weight excluding hydrogens is 200 g/mol. The number of aliphatic hydroxyl groups is 1. The van der Waals surface area contributed by atoms with E-state index in [-0.39, 0.29) is 0 Å². The maximum absolute atomic E-state index is 10.0. The number of rotatable bonds is 3. The predicted octanol–water partition coefficient (Wildman–Crippen LogP) is 2.54. The predicted molar refractivity (Wildman–Crippen MR) is 69.6 cm³/mol. The summed E-state index contributed by atoms with van der Waals surface area (Å²) < 4.78 is 0. The van der Waals surface area contributed by atoms with Gasteiger partial charge in [0.05, 0.1) is 22.5 Å². The third kappa shape index (κ3) is 2.67. The summed E-state index contributed by atoms with van der Waals surface area (Å²) in [7, 11) is 0. The van der Waals surface area contributed by atoms with E-state index in [1.807, 2.05) is 39.0 Å². The fourth-order valence-electron chi connectivity index (χ4n) is 1.29. The Morgan fingerprint density at radius 3 is 2.19 bits per heavy atom. The van der Waals surface area contributed by atoms with E-state index >= 15 is 0 Å². The molecular formula is C13H22N2O. The molecule has 0 saturated carbocycles. The molecule has 3 nitrogen and oxygen atoms in total. The van der Waals surface area contributed by atoms with Crippen molar-refractivity contribution < 1.29 is 5.11 Å². The lowest BCUT2D eigenvalue weighted by atomic mass is 9.85. The lowest BCUT2D eigenvalue weighted by Crippen LogP contribution is -2.51. The summed E-state index contributed by atoms with van der Waals surface area (Å²) in [5.41, 5.74) is 7.34. The lowest BCUT2D eigenvalue weighted by Gasteiger charge is -2.39. The van der Waals surface area contributed by atoms with Gasteiger partial charge in [-0.15, -0.1) is 0 Å². The van der Waals surface area contributed by atoms with Gasteiger partial charge in [-0.05, 0) is 52.3 Å². The maximum atomic E-state index is 10.0. The van der Waals surface area contributed by atoms with Gasteiger partial charge in [0.2, 0.25) is 0 Å². The highest BCUT2D eigenvalue weighted by Gasteiger charge is 2.35. The largest absolute Gasteiger partial charge is 0.397 e. The van der Waals surface area contributed by atoms with Crippen LogP contribution in [0.25, 0.3) is 0 Å². The molecule has 1 aromatic rings. The number of nitrogens with one attached hydrogen (secondary N) is 1. The van der Waals surface area contributed by atoms with Crippen molar-refractivity contribution in [3.63, 3.8) is 0 Å². The Kier molecular flexibility index (Phi) is 3.20. The van der Waals surface area contributed by atoms with Crippen LogP contribution >= 0.6 is 0 Å². The van der Waals surface area contributed by atoms with Gasteiger partial charge in [-0.3, -0.25) is 0 Å². The third-order valence-electron chi connectivity index (χ3n) is 3.18. The molecule has 0 spiro atoms. The Labute approximate surface area is 97.7 Å². The number of nitrogens with two attached hydrogens (primary N) is 1. The number of aryl methyl sites for hydroxylation is 1. The van der Waals surface area contributed by atoms with Gasteiger partial charge in [-0.1, -0.05) is 6.07 Å². The van der Waals surface area contributed by atoms with Crippen molar-refractivity contribution in [2.24, 2.45) is 0 Å². The van der Waals surface area contributed by atoms with Gasteiger partial charge in [0, 0.05) is 0 Å². The molecule has 0 aliphatic rings. The van der Waals surface area contributed by atoms with Gasteiger partial charge in [0.15, 0.2) is 0 Å². The van der Waals surface area contributed by atoms with Gasteiger partial charge in [-0.2, -0.15) is 0 Å². The van der Waals surface area contributed by atoms with Gasteiger partial charge in [-0.25, -0.2) is 0 Å². The van der Waals surface area contributed by atoms with Crippen molar-refractivity contribution in [1.82, 2.24) is 0 Å². The normalized spacial score (nSPS) is 12.6. The van der Waals surface area contributed by atoms with E-state index < -0.39 is 11.1 Å². The lowest BCUT2D eigenvalue weighted by molar-refractivity contribution is 0.0241. The molecule has 0 unspecified atom stereocenters. The first-order valence-corrected chi connectivity index (χ1v) is 5.50. The minimum absolute atomic E-state index is 0.448. The van der Waals surface area contributed by atoms with Crippen molar-refractivity contribution >= 4 is 11.4 Å². The molecule has 3 heteroatoms. The summed E-state index contributed by atoms with van der Waals surface area (Å²) in [6, 6.07) is 5.86. The van der Waals surface area contributed by atoms with Gasteiger partial charge >= 0.3 is 0 Å². The van der Waals surface area contributed by atoms with Crippen molar-refractivity contribution in [1.29, 1.82) is 0 Å². The fraction of sp³-hybridized carbons (Fsp3) is 0.538. The molecule has 0 heterocycles. The summed E-state index contributed by atoms with van der Waals surface area (Å²) >= 11 is 0. The molecule has 0 aromatic heterocycles. The number of hydrogen-bond donors (Lipinski definition) is 3. The van der Waals surface area contributed by atoms with Crippen LogP contribution in [0.1, 0.15) is 33.3 Å². The highest BCUT2D eigenvalue weighted by atomic mass is 16.3. The maximum Gasteiger partial charge on any atom is 0.0814 e. The first-order valence-electron chi connectivity index (χ1n) is 5.50. The molecule has 0 saturated heterocycles. The molecule has 1 aromatic carbocycles. The summed E-state index contributed by atoms with van der Waals surface area (Å²) in [4.78, 5) is 0. The summed E-state index contributed by atoms with van der Waals surface area (Å²) in [5, 5.41) is 13.3. The molecule has 90 valence electrons. The van der Waals surface area contributed by atoms with Crippen LogP contribution in [0.2, 0.25) is 0 Å². The van der Waals surface area contributed by atoms with Gasteiger partial charge in [0.1, 0.15) is 0 Å². The molecule has 1 rings (SSSR count). The van der Waals surface area contributed by atoms with E-state index in [9.17, 15) is 5.11 Å². The molecule has 0 radical (unpaired) electrons. The Morgan fingerprint density at radius 1 is 1.19 bits per heavy atom. The van der Waals surface area contributed by atoms with Crippen LogP contribution < -0.4 is 11.1 Å². The van der Waals surface area contributed by atoms with E-state index in [0.29, 0.717) is 5.69 Å². The minimum atomic E-state index is -0.829. The van der Waals surface area contributed by atoms with E-state index in [1.165, 1.54) is 0 Å². The SMILES string of the molecule is Cc1ccc(NC(C)(C)C(C)(C)O)c(N)c1. The molecule has 0 aliphatic carbocycles. The molecule has 4 N–H and O–H groups in total. The number of benzene rings is 1. The quantitative estimate of drug-likeness (QED) is 0.689. The molecule has 0 fully saturated rings. The van der Waals surface area contributed by atoms with Crippen LogP contribution in [-0.2, 0) is 0 Å². The summed E-state index contributed by atoms with van der Waals surface area (Å²) in [5.74, 6) is 0. The van der Waals surface area contributed by atoms with Crippen molar-refractivity contribution in [2.45, 2.75) is 45.8 Å². The monoisotopic (exact) mass is 222 g/mol. The average Bonchev–Trinajstić information content (AvgIpc) is 2.08. The van der Waals surface area contributed by atoms with E-state index in [1.54, 1.807) is 13.8 Å². The van der Waals surface area contributed by atoms with Crippen LogP contribution in [0, 0.1) is 6.92 Å². The van der Waals surface area contributed by atoms with E-state index in [0.717, 1.165) is 11.3 Å². The number of nitrogen functional groups attached to an aromatic ring is 1. The molecule has 16 heavy (non-hydrogen) atoms. The second kappa shape index (κ2) is 3.98. The minimum Gasteiger partial charge on any atom is -0.397 e. The van der Waals surface area contributed by atoms with E-state index in [4.69, 9.17) is 5.73 Å². The molecule has 0 atom stereocenters. The average molecular weight is 222 g/mol. The Balaban J connectivity index is 2.97. The molecule has 0 amide bonds. The van der Waals surface area contributed by atoms with Gasteiger partial charge in [0.25, 0.3) is 0 Å². The first kappa shape index (κ1) is 12.8. The summed E-state index contributed by atoms with van der Waals surface area (Å²) in [6.07, 6.45) is 0. The van der Waals surface area contributed by atoms with Crippen LogP contribution in [0.5, 0.6) is 0 Å². The van der Waals surface area contributed by atoms with Crippen molar-refractivity contribution in [3.05, 3.63) is 23.8 Å². The summed E-state index contributed by atoms with van der Waals surface area (Å²) in [6.45, 7) is 9.47. The zero-order chi connectivity index (χ0) is 12.6. The standard InChI is InChI=1S/C13H22N2O/c1-9-6-7-11(10(14)8-9)15-12(2,3)13(4,5)16/h6-8,15-16H,14H2,1-5H3. The Hall–Kier alpha value is -1.22.